The van der Waals surface area contributed by atoms with Gasteiger partial charge >= 0.3 is 6.18 Å². The number of carbonyl (C=O) groups excluding carboxylic acids is 1. The molecule has 1 fully saturated rings. The minimum absolute atomic E-state index is 0.150. The molecule has 1 heterocycles. The third-order valence-electron chi connectivity index (χ3n) is 5.57. The number of rotatable bonds is 3. The van der Waals surface area contributed by atoms with Gasteiger partial charge in [-0.05, 0) is 71.1 Å². The lowest BCUT2D eigenvalue weighted by Crippen LogP contribution is -2.49. The van der Waals surface area contributed by atoms with Gasteiger partial charge in [0.25, 0.3) is 0 Å². The molecule has 3 nitrogen and oxygen atoms in total. The summed E-state index contributed by atoms with van der Waals surface area (Å²) in [5.74, 6) is 5.13. The van der Waals surface area contributed by atoms with E-state index < -0.39 is 23.0 Å². The van der Waals surface area contributed by atoms with Crippen molar-refractivity contribution in [1.29, 1.82) is 0 Å². The number of benzene rings is 1. The van der Waals surface area contributed by atoms with Crippen LogP contribution in [0.3, 0.4) is 0 Å². The van der Waals surface area contributed by atoms with Gasteiger partial charge in [-0.3, -0.25) is 4.79 Å². The smallest absolute Gasteiger partial charge is 0.369 e. The van der Waals surface area contributed by atoms with Crippen LogP contribution in [0.15, 0.2) is 18.2 Å². The summed E-state index contributed by atoms with van der Waals surface area (Å²) in [5, 5.41) is 2.50. The molecule has 152 valence electrons. The van der Waals surface area contributed by atoms with Gasteiger partial charge in [-0.25, -0.2) is 0 Å². The Balaban J connectivity index is 1.82. The van der Waals surface area contributed by atoms with Crippen LogP contribution in [0.25, 0.3) is 0 Å². The van der Waals surface area contributed by atoms with Crippen molar-refractivity contribution in [3.63, 3.8) is 0 Å². The lowest BCUT2D eigenvalue weighted by Gasteiger charge is -2.35. The number of alkyl halides is 3. The van der Waals surface area contributed by atoms with Crippen molar-refractivity contribution >= 4 is 11.6 Å². The van der Waals surface area contributed by atoms with Gasteiger partial charge in [0, 0.05) is 23.8 Å². The van der Waals surface area contributed by atoms with E-state index in [0.717, 1.165) is 24.9 Å². The van der Waals surface area contributed by atoms with Crippen LogP contribution in [-0.4, -0.2) is 30.2 Å². The fraction of sp³-hybridized carbons (Fsp3) is 0.591. The third-order valence-corrected chi connectivity index (χ3v) is 5.57. The van der Waals surface area contributed by atoms with Crippen LogP contribution in [0.1, 0.15) is 58.1 Å². The summed E-state index contributed by atoms with van der Waals surface area (Å²) in [5.41, 5.74) is -0.0556. The number of hydrogen-bond donors (Lipinski definition) is 1. The van der Waals surface area contributed by atoms with Gasteiger partial charge in [0.05, 0.1) is 5.54 Å². The zero-order chi connectivity index (χ0) is 20.7. The summed E-state index contributed by atoms with van der Waals surface area (Å²) in [6.45, 7) is 8.59. The normalized spacial score (nSPS) is 18.2. The second-order valence-electron chi connectivity index (χ2n) is 8.60. The Morgan fingerprint density at radius 3 is 2.50 bits per heavy atom. The number of anilines is 1. The van der Waals surface area contributed by atoms with Crippen LogP contribution < -0.4 is 10.2 Å². The molecule has 1 saturated carbocycles. The van der Waals surface area contributed by atoms with Crippen molar-refractivity contribution in [3.8, 4) is 11.8 Å². The predicted molar refractivity (Wildman–Crippen MR) is 104 cm³/mol. The first-order valence-electron chi connectivity index (χ1n) is 9.78. The van der Waals surface area contributed by atoms with Crippen molar-refractivity contribution in [1.82, 2.24) is 5.32 Å². The van der Waals surface area contributed by atoms with E-state index in [9.17, 15) is 18.0 Å². The van der Waals surface area contributed by atoms with E-state index >= 15 is 0 Å². The van der Waals surface area contributed by atoms with E-state index in [1.165, 1.54) is 11.3 Å². The SMILES string of the molecule is CC(C)N1CCCc2c(C#CC(C)(C)NC(=O)C3(C(F)(F)F)CC3)cccc21. The molecular weight excluding hydrogens is 365 g/mol. The highest BCUT2D eigenvalue weighted by Crippen LogP contribution is 2.57. The van der Waals surface area contributed by atoms with E-state index in [-0.39, 0.29) is 12.8 Å². The van der Waals surface area contributed by atoms with Gasteiger partial charge in [0.2, 0.25) is 5.91 Å². The van der Waals surface area contributed by atoms with E-state index in [1.54, 1.807) is 13.8 Å². The minimum Gasteiger partial charge on any atom is -0.369 e. The van der Waals surface area contributed by atoms with Crippen molar-refractivity contribution < 1.29 is 18.0 Å². The molecular formula is C22H27F3N2O. The molecule has 1 aliphatic heterocycles. The zero-order valence-corrected chi connectivity index (χ0v) is 16.8. The Labute approximate surface area is 164 Å². The highest BCUT2D eigenvalue weighted by atomic mass is 19.4. The maximum atomic E-state index is 13.2. The lowest BCUT2D eigenvalue weighted by atomic mass is 9.94. The topological polar surface area (TPSA) is 32.3 Å². The first-order chi connectivity index (χ1) is 13.0. The van der Waals surface area contributed by atoms with Crippen molar-refractivity contribution in [2.24, 2.45) is 5.41 Å². The van der Waals surface area contributed by atoms with Crippen LogP contribution in [-0.2, 0) is 11.2 Å². The molecule has 0 spiro atoms. The molecule has 0 atom stereocenters. The first-order valence-corrected chi connectivity index (χ1v) is 9.78. The van der Waals surface area contributed by atoms with E-state index in [0.29, 0.717) is 6.04 Å². The first kappa shape index (κ1) is 20.6. The Morgan fingerprint density at radius 2 is 1.93 bits per heavy atom. The Bertz CT molecular complexity index is 826. The number of amides is 1. The maximum Gasteiger partial charge on any atom is 0.403 e. The summed E-state index contributed by atoms with van der Waals surface area (Å²) in [7, 11) is 0. The number of carbonyl (C=O) groups is 1. The van der Waals surface area contributed by atoms with Gasteiger partial charge in [0.15, 0.2) is 0 Å². The lowest BCUT2D eigenvalue weighted by molar-refractivity contribution is -0.192. The van der Waals surface area contributed by atoms with Crippen LogP contribution in [0.2, 0.25) is 0 Å². The molecule has 6 heteroatoms. The Hall–Kier alpha value is -2.16. The van der Waals surface area contributed by atoms with Crippen LogP contribution in [0.5, 0.6) is 0 Å². The average molecular weight is 392 g/mol. The molecule has 0 radical (unpaired) electrons. The third kappa shape index (κ3) is 3.85. The molecule has 0 saturated heterocycles. The maximum absolute atomic E-state index is 13.2. The van der Waals surface area contributed by atoms with Crippen molar-refractivity contribution in [2.75, 3.05) is 11.4 Å². The predicted octanol–water partition coefficient (Wildman–Crippen LogP) is 4.44. The molecule has 2 aliphatic rings. The summed E-state index contributed by atoms with van der Waals surface area (Å²) in [6.07, 6.45) is -2.85. The number of hydrogen-bond acceptors (Lipinski definition) is 2. The summed E-state index contributed by atoms with van der Waals surface area (Å²) < 4.78 is 39.5. The highest BCUT2D eigenvalue weighted by molar-refractivity contribution is 5.87. The fourth-order valence-corrected chi connectivity index (χ4v) is 3.73. The van der Waals surface area contributed by atoms with E-state index in [2.05, 4.69) is 42.0 Å². The van der Waals surface area contributed by atoms with Gasteiger partial charge < -0.3 is 10.2 Å². The fourth-order valence-electron chi connectivity index (χ4n) is 3.73. The van der Waals surface area contributed by atoms with Gasteiger partial charge in [-0.15, -0.1) is 0 Å². The second-order valence-corrected chi connectivity index (χ2v) is 8.60. The van der Waals surface area contributed by atoms with Crippen LogP contribution in [0.4, 0.5) is 18.9 Å². The Morgan fingerprint density at radius 1 is 1.25 bits per heavy atom. The van der Waals surface area contributed by atoms with E-state index in [1.807, 2.05) is 12.1 Å². The highest BCUT2D eigenvalue weighted by Gasteiger charge is 2.68. The van der Waals surface area contributed by atoms with E-state index in [4.69, 9.17) is 0 Å². The summed E-state index contributed by atoms with van der Waals surface area (Å²) >= 11 is 0. The minimum atomic E-state index is -4.51. The standard InChI is InChI=1S/C22H27F3N2O/c1-15(2)27-14-6-8-17-16(7-5-9-18(17)27)10-11-20(3,4)26-19(28)21(12-13-21)22(23,24)25/h5,7,9,15H,6,8,12-14H2,1-4H3,(H,26,28). The molecule has 1 aliphatic carbocycles. The molecule has 0 unspecified atom stereocenters. The summed E-state index contributed by atoms with van der Waals surface area (Å²) in [4.78, 5) is 14.6. The van der Waals surface area contributed by atoms with Crippen molar-refractivity contribution in [3.05, 3.63) is 29.3 Å². The quantitative estimate of drug-likeness (QED) is 0.772. The Kier molecular flexibility index (Phi) is 5.16. The van der Waals surface area contributed by atoms with Gasteiger partial charge in [-0.2, -0.15) is 13.2 Å². The molecule has 1 aromatic rings. The molecule has 3 rings (SSSR count). The summed E-state index contributed by atoms with van der Waals surface area (Å²) in [6, 6.07) is 6.37. The average Bonchev–Trinajstić information content (AvgIpc) is 3.40. The number of nitrogens with zero attached hydrogens (tertiary/aromatic N) is 1. The number of halogens is 3. The molecule has 0 aromatic heterocycles. The monoisotopic (exact) mass is 392 g/mol. The molecule has 28 heavy (non-hydrogen) atoms. The van der Waals surface area contributed by atoms with Crippen molar-refractivity contribution in [2.45, 2.75) is 71.1 Å². The second kappa shape index (κ2) is 7.02. The molecule has 1 aromatic carbocycles. The zero-order valence-electron chi connectivity index (χ0n) is 16.8. The van der Waals surface area contributed by atoms with Crippen LogP contribution in [0, 0.1) is 17.3 Å². The molecule has 0 bridgehead atoms. The number of fused-ring (bicyclic) bond motifs is 1. The molecule has 1 N–H and O–H groups in total. The molecule has 1 amide bonds. The largest absolute Gasteiger partial charge is 0.403 e. The van der Waals surface area contributed by atoms with Crippen LogP contribution >= 0.6 is 0 Å². The number of nitrogens with one attached hydrogen (secondary N) is 1. The van der Waals surface area contributed by atoms with Gasteiger partial charge in [0.1, 0.15) is 5.41 Å². The van der Waals surface area contributed by atoms with Gasteiger partial charge in [-0.1, -0.05) is 17.9 Å².